The van der Waals surface area contributed by atoms with Crippen LogP contribution in [0.1, 0.15) is 0 Å². The molecule has 0 aromatic carbocycles. The SMILES string of the molecule is Nc1ncccc1-c1cccc(-c2nccs2)n1. The van der Waals surface area contributed by atoms with E-state index in [1.807, 2.05) is 35.7 Å². The Morgan fingerprint density at radius 2 is 1.83 bits per heavy atom. The molecule has 0 atom stereocenters. The van der Waals surface area contributed by atoms with Crippen molar-refractivity contribution in [1.82, 2.24) is 15.0 Å². The van der Waals surface area contributed by atoms with Crippen LogP contribution in [0.2, 0.25) is 0 Å². The third-order valence-corrected chi connectivity index (χ3v) is 3.31. The van der Waals surface area contributed by atoms with E-state index in [9.17, 15) is 0 Å². The van der Waals surface area contributed by atoms with E-state index < -0.39 is 0 Å². The number of nitrogen functional groups attached to an aromatic ring is 1. The Morgan fingerprint density at radius 1 is 0.944 bits per heavy atom. The maximum absolute atomic E-state index is 5.86. The molecule has 0 aliphatic rings. The van der Waals surface area contributed by atoms with E-state index in [1.54, 1.807) is 23.7 Å². The highest BCUT2D eigenvalue weighted by Gasteiger charge is 2.07. The van der Waals surface area contributed by atoms with Gasteiger partial charge in [0.25, 0.3) is 0 Å². The molecular weight excluding hydrogens is 244 g/mol. The second-order valence-electron chi connectivity index (χ2n) is 3.68. The highest BCUT2D eigenvalue weighted by atomic mass is 32.1. The number of hydrogen-bond acceptors (Lipinski definition) is 5. The fourth-order valence-electron chi connectivity index (χ4n) is 1.69. The lowest BCUT2D eigenvalue weighted by Crippen LogP contribution is -1.95. The summed E-state index contributed by atoms with van der Waals surface area (Å²) < 4.78 is 0. The number of hydrogen-bond donors (Lipinski definition) is 1. The van der Waals surface area contributed by atoms with Crippen LogP contribution in [0.15, 0.2) is 48.1 Å². The summed E-state index contributed by atoms with van der Waals surface area (Å²) in [4.78, 5) is 12.9. The Bertz CT molecular complexity index is 664. The van der Waals surface area contributed by atoms with Crippen molar-refractivity contribution in [2.75, 3.05) is 5.73 Å². The average Bonchev–Trinajstić information content (AvgIpc) is 2.93. The maximum atomic E-state index is 5.86. The van der Waals surface area contributed by atoms with Gasteiger partial charge < -0.3 is 5.73 Å². The zero-order valence-corrected chi connectivity index (χ0v) is 10.3. The van der Waals surface area contributed by atoms with Crippen LogP contribution in [0.4, 0.5) is 5.82 Å². The fraction of sp³-hybridized carbons (Fsp3) is 0. The third kappa shape index (κ3) is 1.96. The molecule has 0 spiro atoms. The molecule has 0 saturated carbocycles. The molecule has 5 heteroatoms. The molecule has 3 aromatic rings. The van der Waals surface area contributed by atoms with Crippen molar-refractivity contribution in [3.8, 4) is 22.0 Å². The monoisotopic (exact) mass is 254 g/mol. The average molecular weight is 254 g/mol. The van der Waals surface area contributed by atoms with Gasteiger partial charge in [-0.1, -0.05) is 6.07 Å². The van der Waals surface area contributed by atoms with Crippen LogP contribution >= 0.6 is 11.3 Å². The Balaban J connectivity index is 2.10. The molecule has 0 amide bonds. The minimum absolute atomic E-state index is 0.487. The second-order valence-corrected chi connectivity index (χ2v) is 4.58. The molecule has 0 radical (unpaired) electrons. The van der Waals surface area contributed by atoms with Crippen molar-refractivity contribution in [2.45, 2.75) is 0 Å². The summed E-state index contributed by atoms with van der Waals surface area (Å²) in [5.74, 6) is 0.487. The van der Waals surface area contributed by atoms with Gasteiger partial charge in [0, 0.05) is 23.3 Å². The van der Waals surface area contributed by atoms with E-state index in [1.165, 1.54) is 0 Å². The molecule has 88 valence electrons. The predicted octanol–water partition coefficient (Wildman–Crippen LogP) is 2.85. The number of pyridine rings is 2. The number of nitrogens with zero attached hydrogens (tertiary/aromatic N) is 3. The van der Waals surface area contributed by atoms with Gasteiger partial charge in [-0.3, -0.25) is 0 Å². The van der Waals surface area contributed by atoms with E-state index in [4.69, 9.17) is 5.73 Å². The molecule has 0 aliphatic heterocycles. The van der Waals surface area contributed by atoms with Gasteiger partial charge in [-0.15, -0.1) is 11.3 Å². The Morgan fingerprint density at radius 3 is 2.61 bits per heavy atom. The molecule has 2 N–H and O–H groups in total. The zero-order valence-electron chi connectivity index (χ0n) is 9.45. The first kappa shape index (κ1) is 10.9. The molecule has 18 heavy (non-hydrogen) atoms. The number of anilines is 1. The predicted molar refractivity (Wildman–Crippen MR) is 73.0 cm³/mol. The molecule has 3 aromatic heterocycles. The molecule has 0 aliphatic carbocycles. The van der Waals surface area contributed by atoms with Crippen molar-refractivity contribution < 1.29 is 0 Å². The van der Waals surface area contributed by atoms with Gasteiger partial charge in [0.1, 0.15) is 10.8 Å². The molecule has 0 unspecified atom stereocenters. The van der Waals surface area contributed by atoms with Crippen molar-refractivity contribution in [1.29, 1.82) is 0 Å². The fourth-order valence-corrected chi connectivity index (χ4v) is 2.29. The summed E-state index contributed by atoms with van der Waals surface area (Å²) in [7, 11) is 0. The molecule has 3 rings (SSSR count). The van der Waals surface area contributed by atoms with E-state index in [0.29, 0.717) is 5.82 Å². The molecule has 0 saturated heterocycles. The lowest BCUT2D eigenvalue weighted by molar-refractivity contribution is 1.27. The van der Waals surface area contributed by atoms with Crippen molar-refractivity contribution >= 4 is 17.2 Å². The van der Waals surface area contributed by atoms with Crippen molar-refractivity contribution in [3.63, 3.8) is 0 Å². The van der Waals surface area contributed by atoms with Gasteiger partial charge in [-0.25, -0.2) is 15.0 Å². The smallest absolute Gasteiger partial charge is 0.141 e. The van der Waals surface area contributed by atoms with Gasteiger partial charge in [0.2, 0.25) is 0 Å². The summed E-state index contributed by atoms with van der Waals surface area (Å²) in [6.45, 7) is 0. The largest absolute Gasteiger partial charge is 0.383 e. The lowest BCUT2D eigenvalue weighted by atomic mass is 10.1. The summed E-state index contributed by atoms with van der Waals surface area (Å²) in [6, 6.07) is 9.57. The molecule has 0 fully saturated rings. The van der Waals surface area contributed by atoms with Crippen molar-refractivity contribution in [2.24, 2.45) is 0 Å². The summed E-state index contributed by atoms with van der Waals surface area (Å²) in [6.07, 6.45) is 3.44. The molecule has 3 heterocycles. The normalized spacial score (nSPS) is 10.4. The highest BCUT2D eigenvalue weighted by Crippen LogP contribution is 2.26. The second kappa shape index (κ2) is 4.54. The van der Waals surface area contributed by atoms with E-state index in [-0.39, 0.29) is 0 Å². The van der Waals surface area contributed by atoms with Crippen LogP contribution in [-0.4, -0.2) is 15.0 Å². The quantitative estimate of drug-likeness (QED) is 0.763. The minimum atomic E-state index is 0.487. The molecular formula is C13H10N4S. The van der Waals surface area contributed by atoms with Crippen molar-refractivity contribution in [3.05, 3.63) is 48.1 Å². The number of thiazole rings is 1. The van der Waals surface area contributed by atoms with Gasteiger partial charge >= 0.3 is 0 Å². The first-order valence-corrected chi connectivity index (χ1v) is 6.30. The zero-order chi connectivity index (χ0) is 12.4. The third-order valence-electron chi connectivity index (χ3n) is 2.52. The van der Waals surface area contributed by atoms with Crippen LogP contribution in [0, 0.1) is 0 Å². The van der Waals surface area contributed by atoms with Crippen LogP contribution in [0.5, 0.6) is 0 Å². The van der Waals surface area contributed by atoms with Gasteiger partial charge in [-0.05, 0) is 24.3 Å². The van der Waals surface area contributed by atoms with Gasteiger partial charge in [0.15, 0.2) is 0 Å². The van der Waals surface area contributed by atoms with E-state index >= 15 is 0 Å². The number of rotatable bonds is 2. The van der Waals surface area contributed by atoms with E-state index in [2.05, 4.69) is 15.0 Å². The van der Waals surface area contributed by atoms with E-state index in [0.717, 1.165) is 22.0 Å². The molecule has 4 nitrogen and oxygen atoms in total. The maximum Gasteiger partial charge on any atom is 0.141 e. The Labute approximate surface area is 108 Å². The molecule has 0 bridgehead atoms. The Kier molecular flexibility index (Phi) is 2.74. The minimum Gasteiger partial charge on any atom is -0.383 e. The standard InChI is InChI=1S/C13H10N4S/c14-12-9(3-2-6-15-12)10-4-1-5-11(17-10)13-16-7-8-18-13/h1-8H,(H2,14,15). The van der Waals surface area contributed by atoms with Crippen LogP contribution < -0.4 is 5.73 Å². The summed E-state index contributed by atoms with van der Waals surface area (Å²) in [5.41, 5.74) is 8.37. The first-order chi connectivity index (χ1) is 8.84. The van der Waals surface area contributed by atoms with Crippen LogP contribution in [0.25, 0.3) is 22.0 Å². The van der Waals surface area contributed by atoms with Gasteiger partial charge in [-0.2, -0.15) is 0 Å². The van der Waals surface area contributed by atoms with Gasteiger partial charge in [0.05, 0.1) is 11.4 Å². The lowest BCUT2D eigenvalue weighted by Gasteiger charge is -2.04. The first-order valence-electron chi connectivity index (χ1n) is 5.42. The van der Waals surface area contributed by atoms with Crippen LogP contribution in [0.3, 0.4) is 0 Å². The number of aromatic nitrogens is 3. The Hall–Kier alpha value is -2.27. The topological polar surface area (TPSA) is 64.7 Å². The summed E-state index contributed by atoms with van der Waals surface area (Å²) in [5, 5.41) is 2.83. The highest BCUT2D eigenvalue weighted by molar-refractivity contribution is 7.13. The number of nitrogens with two attached hydrogens (primary N) is 1. The van der Waals surface area contributed by atoms with Crippen LogP contribution in [-0.2, 0) is 0 Å². The summed E-state index contributed by atoms with van der Waals surface area (Å²) >= 11 is 1.56.